The van der Waals surface area contributed by atoms with E-state index in [-0.39, 0.29) is 0 Å². The van der Waals surface area contributed by atoms with E-state index < -0.39 is 0 Å². The van der Waals surface area contributed by atoms with Gasteiger partial charge in [-0.1, -0.05) is 0 Å². The lowest BCUT2D eigenvalue weighted by atomic mass is 10.1. The van der Waals surface area contributed by atoms with Crippen molar-refractivity contribution in [1.29, 1.82) is 0 Å². The van der Waals surface area contributed by atoms with Crippen LogP contribution in [-0.4, -0.2) is 64.5 Å². The third-order valence-corrected chi connectivity index (χ3v) is 3.02. The molecule has 1 unspecified atom stereocenters. The predicted octanol–water partition coefficient (Wildman–Crippen LogP) is 0.957. The third-order valence-electron chi connectivity index (χ3n) is 3.02. The number of nitrogens with one attached hydrogen (secondary N) is 1. The Morgan fingerprint density at radius 1 is 1.56 bits per heavy atom. The average Bonchev–Trinajstić information content (AvgIpc) is 2.86. The molecule has 0 aliphatic carbocycles. The normalized spacial score (nSPS) is 20.2. The average molecular weight is 257 g/mol. The van der Waals surface area contributed by atoms with Crippen LogP contribution in [-0.2, 0) is 9.47 Å². The molecule has 0 aromatic carbocycles. The fourth-order valence-corrected chi connectivity index (χ4v) is 2.06. The first-order valence-corrected chi connectivity index (χ1v) is 6.84. The molecule has 5 nitrogen and oxygen atoms in total. The summed E-state index contributed by atoms with van der Waals surface area (Å²) in [6.07, 6.45) is 2.12. The molecule has 18 heavy (non-hydrogen) atoms. The number of guanidine groups is 1. The van der Waals surface area contributed by atoms with Crippen molar-refractivity contribution in [2.75, 3.05) is 53.6 Å². The lowest BCUT2D eigenvalue weighted by Crippen LogP contribution is -2.41. The molecule has 1 saturated heterocycles. The summed E-state index contributed by atoms with van der Waals surface area (Å²) in [5.74, 6) is 1.62. The number of aliphatic imine (C=N–C) groups is 1. The first kappa shape index (κ1) is 15.2. The number of nitrogens with zero attached hydrogens (tertiary/aromatic N) is 2. The van der Waals surface area contributed by atoms with Gasteiger partial charge in [-0.25, -0.2) is 0 Å². The largest absolute Gasteiger partial charge is 0.385 e. The predicted molar refractivity (Wildman–Crippen MR) is 74.0 cm³/mol. The number of rotatable bonds is 7. The van der Waals surface area contributed by atoms with Gasteiger partial charge >= 0.3 is 0 Å². The zero-order valence-corrected chi connectivity index (χ0v) is 11.9. The smallest absolute Gasteiger partial charge is 0.193 e. The van der Waals surface area contributed by atoms with Crippen LogP contribution < -0.4 is 5.32 Å². The monoisotopic (exact) mass is 257 g/mol. The van der Waals surface area contributed by atoms with Crippen LogP contribution in [0.25, 0.3) is 0 Å². The number of ether oxygens (including phenoxy) is 2. The van der Waals surface area contributed by atoms with Crippen LogP contribution in [0.15, 0.2) is 4.99 Å². The summed E-state index contributed by atoms with van der Waals surface area (Å²) in [6.45, 7) is 7.36. The second kappa shape index (κ2) is 9.16. The Morgan fingerprint density at radius 2 is 2.39 bits per heavy atom. The van der Waals surface area contributed by atoms with E-state index >= 15 is 0 Å². The molecule has 0 saturated carbocycles. The quantitative estimate of drug-likeness (QED) is 0.419. The van der Waals surface area contributed by atoms with Crippen LogP contribution in [0.1, 0.15) is 19.8 Å². The molecule has 1 N–H and O–H groups in total. The summed E-state index contributed by atoms with van der Waals surface area (Å²) in [6, 6.07) is 0. The zero-order chi connectivity index (χ0) is 13.2. The minimum atomic E-state index is 0.637. The summed E-state index contributed by atoms with van der Waals surface area (Å²) in [4.78, 5) is 6.81. The first-order valence-electron chi connectivity index (χ1n) is 6.84. The molecule has 0 aromatic rings. The lowest BCUT2D eigenvalue weighted by Gasteiger charge is -2.24. The van der Waals surface area contributed by atoms with Crippen molar-refractivity contribution >= 4 is 5.96 Å². The Balaban J connectivity index is 2.37. The van der Waals surface area contributed by atoms with E-state index in [2.05, 4.69) is 29.2 Å². The van der Waals surface area contributed by atoms with Gasteiger partial charge in [0.15, 0.2) is 5.96 Å². The van der Waals surface area contributed by atoms with Gasteiger partial charge in [0.25, 0.3) is 0 Å². The molecule has 5 heteroatoms. The van der Waals surface area contributed by atoms with E-state index in [1.54, 1.807) is 7.11 Å². The van der Waals surface area contributed by atoms with Gasteiger partial charge in [0.05, 0.1) is 6.61 Å². The minimum absolute atomic E-state index is 0.637. The Hall–Kier alpha value is -0.810. The van der Waals surface area contributed by atoms with Gasteiger partial charge in [-0.2, -0.15) is 0 Å². The fraction of sp³-hybridized carbons (Fsp3) is 0.923. The molecule has 0 spiro atoms. The van der Waals surface area contributed by atoms with Gasteiger partial charge in [-0.3, -0.25) is 4.99 Å². The van der Waals surface area contributed by atoms with Gasteiger partial charge in [-0.15, -0.1) is 0 Å². The molecule has 0 radical (unpaired) electrons. The van der Waals surface area contributed by atoms with E-state index in [9.17, 15) is 0 Å². The van der Waals surface area contributed by atoms with Gasteiger partial charge < -0.3 is 19.7 Å². The zero-order valence-electron chi connectivity index (χ0n) is 11.9. The molecule has 0 bridgehead atoms. The summed E-state index contributed by atoms with van der Waals surface area (Å²) in [7, 11) is 3.82. The second-order valence-electron chi connectivity index (χ2n) is 4.69. The fourth-order valence-electron chi connectivity index (χ4n) is 2.06. The van der Waals surface area contributed by atoms with E-state index in [1.165, 1.54) is 0 Å². The van der Waals surface area contributed by atoms with E-state index in [0.717, 1.165) is 58.3 Å². The van der Waals surface area contributed by atoms with Crippen LogP contribution in [0.5, 0.6) is 0 Å². The topological polar surface area (TPSA) is 46.1 Å². The van der Waals surface area contributed by atoms with E-state index in [0.29, 0.717) is 5.92 Å². The van der Waals surface area contributed by atoms with Crippen molar-refractivity contribution in [2.24, 2.45) is 10.9 Å². The molecule has 1 atom stereocenters. The highest BCUT2D eigenvalue weighted by atomic mass is 16.5. The standard InChI is InChI=1S/C13H27N3O2/c1-4-14-13(15-7-5-8-17-3)16(2)10-12-6-9-18-11-12/h12H,4-11H2,1-3H3,(H,14,15). The molecule has 1 aliphatic rings. The van der Waals surface area contributed by atoms with Crippen LogP contribution >= 0.6 is 0 Å². The molecule has 1 heterocycles. The number of methoxy groups -OCH3 is 1. The highest BCUT2D eigenvalue weighted by Gasteiger charge is 2.18. The van der Waals surface area contributed by atoms with Crippen molar-refractivity contribution in [3.63, 3.8) is 0 Å². The molecule has 0 amide bonds. The van der Waals surface area contributed by atoms with Crippen LogP contribution in [0.2, 0.25) is 0 Å². The summed E-state index contributed by atoms with van der Waals surface area (Å²) < 4.78 is 10.4. The third kappa shape index (κ3) is 5.69. The number of hydrogen-bond acceptors (Lipinski definition) is 3. The van der Waals surface area contributed by atoms with Crippen LogP contribution in [0, 0.1) is 5.92 Å². The highest BCUT2D eigenvalue weighted by molar-refractivity contribution is 5.79. The highest BCUT2D eigenvalue weighted by Crippen LogP contribution is 2.13. The first-order chi connectivity index (χ1) is 8.77. The molecular formula is C13H27N3O2. The van der Waals surface area contributed by atoms with E-state index in [1.807, 2.05) is 0 Å². The van der Waals surface area contributed by atoms with Crippen molar-refractivity contribution in [3.8, 4) is 0 Å². The van der Waals surface area contributed by atoms with Crippen molar-refractivity contribution in [1.82, 2.24) is 10.2 Å². The number of hydrogen-bond donors (Lipinski definition) is 1. The van der Waals surface area contributed by atoms with Gasteiger partial charge in [0.1, 0.15) is 0 Å². The summed E-state index contributed by atoms with van der Waals surface area (Å²) in [5, 5.41) is 3.33. The maximum Gasteiger partial charge on any atom is 0.193 e. The van der Waals surface area contributed by atoms with Crippen LogP contribution in [0.3, 0.4) is 0 Å². The van der Waals surface area contributed by atoms with Crippen molar-refractivity contribution in [3.05, 3.63) is 0 Å². The molecular weight excluding hydrogens is 230 g/mol. The maximum atomic E-state index is 5.41. The molecule has 106 valence electrons. The lowest BCUT2D eigenvalue weighted by molar-refractivity contribution is 0.181. The van der Waals surface area contributed by atoms with Gasteiger partial charge in [0.2, 0.25) is 0 Å². The molecule has 0 aromatic heterocycles. The Bertz CT molecular complexity index is 240. The Morgan fingerprint density at radius 3 is 3.00 bits per heavy atom. The molecule has 1 rings (SSSR count). The summed E-state index contributed by atoms with van der Waals surface area (Å²) >= 11 is 0. The Labute approximate surface area is 111 Å². The SMILES string of the molecule is CCNC(=NCCCOC)N(C)CC1CCOC1. The molecule has 1 aliphatic heterocycles. The maximum absolute atomic E-state index is 5.41. The Kier molecular flexibility index (Phi) is 7.76. The van der Waals surface area contributed by atoms with Gasteiger partial charge in [0, 0.05) is 52.9 Å². The van der Waals surface area contributed by atoms with Crippen molar-refractivity contribution in [2.45, 2.75) is 19.8 Å². The summed E-state index contributed by atoms with van der Waals surface area (Å²) in [5.41, 5.74) is 0. The van der Waals surface area contributed by atoms with Crippen LogP contribution in [0.4, 0.5) is 0 Å². The molecule has 1 fully saturated rings. The minimum Gasteiger partial charge on any atom is -0.385 e. The second-order valence-corrected chi connectivity index (χ2v) is 4.69. The van der Waals surface area contributed by atoms with E-state index in [4.69, 9.17) is 9.47 Å². The van der Waals surface area contributed by atoms with Crippen molar-refractivity contribution < 1.29 is 9.47 Å². The van der Waals surface area contributed by atoms with Gasteiger partial charge in [-0.05, 0) is 19.8 Å².